The molecule has 0 aliphatic heterocycles. The highest BCUT2D eigenvalue weighted by molar-refractivity contribution is 8.07. The van der Waals surface area contributed by atoms with Gasteiger partial charge in [-0.1, -0.05) is 6.92 Å². The lowest BCUT2D eigenvalue weighted by atomic mass is 10.5. The van der Waals surface area contributed by atoms with Crippen LogP contribution >= 0.6 is 6.72 Å². The molecule has 0 N–H and O–H groups in total. The molecule has 1 heterocycles. The SMILES string of the molecule is CCCOP(=S)(OCC)Oc1cnn(C)c(=O)c1OC. The number of methoxy groups -OCH3 is 1. The van der Waals surface area contributed by atoms with Crippen LogP contribution in [0.4, 0.5) is 0 Å². The maximum Gasteiger partial charge on any atom is 0.380 e. The van der Waals surface area contributed by atoms with Crippen molar-refractivity contribution in [1.82, 2.24) is 9.78 Å². The molecule has 114 valence electrons. The Kier molecular flexibility index (Phi) is 6.61. The second kappa shape index (κ2) is 7.73. The highest BCUT2D eigenvalue weighted by Crippen LogP contribution is 2.51. The summed E-state index contributed by atoms with van der Waals surface area (Å²) in [4.78, 5) is 11.9. The van der Waals surface area contributed by atoms with Crippen molar-refractivity contribution in [2.75, 3.05) is 20.3 Å². The van der Waals surface area contributed by atoms with Crippen LogP contribution in [-0.4, -0.2) is 30.1 Å². The Morgan fingerprint density at radius 2 is 2.10 bits per heavy atom. The Labute approximate surface area is 123 Å². The Morgan fingerprint density at radius 3 is 2.65 bits per heavy atom. The lowest BCUT2D eigenvalue weighted by Crippen LogP contribution is -2.21. The monoisotopic (exact) mass is 322 g/mol. The first-order valence-electron chi connectivity index (χ1n) is 6.16. The van der Waals surface area contributed by atoms with E-state index in [4.69, 9.17) is 30.1 Å². The first-order valence-corrected chi connectivity index (χ1v) is 8.72. The number of hydrogen-bond donors (Lipinski definition) is 0. The molecule has 0 radical (unpaired) electrons. The van der Waals surface area contributed by atoms with Crippen molar-refractivity contribution < 1.29 is 18.3 Å². The molecule has 0 fully saturated rings. The molecule has 1 atom stereocenters. The summed E-state index contributed by atoms with van der Waals surface area (Å²) in [6.07, 6.45) is 2.14. The average molecular weight is 322 g/mol. The van der Waals surface area contributed by atoms with Crippen molar-refractivity contribution in [1.29, 1.82) is 0 Å². The van der Waals surface area contributed by atoms with Gasteiger partial charge in [-0.05, 0) is 13.3 Å². The van der Waals surface area contributed by atoms with Gasteiger partial charge in [-0.3, -0.25) is 13.8 Å². The van der Waals surface area contributed by atoms with E-state index < -0.39 is 12.3 Å². The van der Waals surface area contributed by atoms with Crippen molar-refractivity contribution in [3.8, 4) is 11.5 Å². The van der Waals surface area contributed by atoms with Gasteiger partial charge in [0.25, 0.3) is 0 Å². The Morgan fingerprint density at radius 1 is 1.40 bits per heavy atom. The number of aromatic nitrogens is 2. The van der Waals surface area contributed by atoms with Crippen molar-refractivity contribution >= 4 is 18.5 Å². The second-order valence-electron chi connectivity index (χ2n) is 3.76. The zero-order valence-electron chi connectivity index (χ0n) is 12.0. The molecule has 0 amide bonds. The predicted octanol–water partition coefficient (Wildman–Crippen LogP) is 1.86. The van der Waals surface area contributed by atoms with Crippen LogP contribution in [0.25, 0.3) is 0 Å². The molecule has 0 aliphatic rings. The minimum atomic E-state index is -2.97. The van der Waals surface area contributed by atoms with E-state index in [-0.39, 0.29) is 11.5 Å². The van der Waals surface area contributed by atoms with Crippen LogP contribution < -0.4 is 14.8 Å². The van der Waals surface area contributed by atoms with Crippen molar-refractivity contribution in [2.24, 2.45) is 7.05 Å². The minimum absolute atomic E-state index is 0.0246. The summed E-state index contributed by atoms with van der Waals surface area (Å²) >= 11 is 5.28. The van der Waals surface area contributed by atoms with Crippen LogP contribution in [-0.2, 0) is 27.9 Å². The zero-order valence-corrected chi connectivity index (χ0v) is 13.7. The normalized spacial score (nSPS) is 13.8. The lowest BCUT2D eigenvalue weighted by molar-refractivity contribution is 0.207. The van der Waals surface area contributed by atoms with Gasteiger partial charge >= 0.3 is 12.3 Å². The van der Waals surface area contributed by atoms with Crippen LogP contribution in [0.5, 0.6) is 11.5 Å². The van der Waals surface area contributed by atoms with Gasteiger partial charge in [0.1, 0.15) is 0 Å². The topological polar surface area (TPSA) is 71.8 Å². The summed E-state index contributed by atoms with van der Waals surface area (Å²) in [6.45, 7) is 1.54. The molecule has 9 heteroatoms. The van der Waals surface area contributed by atoms with Crippen LogP contribution in [0, 0.1) is 0 Å². The molecule has 0 spiro atoms. The third-order valence-electron chi connectivity index (χ3n) is 2.22. The molecule has 0 aliphatic carbocycles. The maximum atomic E-state index is 11.9. The van der Waals surface area contributed by atoms with Gasteiger partial charge in [-0.15, -0.1) is 0 Å². The highest BCUT2D eigenvalue weighted by atomic mass is 32.5. The first-order chi connectivity index (χ1) is 9.47. The van der Waals surface area contributed by atoms with E-state index in [0.717, 1.165) is 11.1 Å². The Balaban J connectivity index is 3.08. The van der Waals surface area contributed by atoms with Crippen LogP contribution in [0.2, 0.25) is 0 Å². The summed E-state index contributed by atoms with van der Waals surface area (Å²) in [6, 6.07) is 0. The molecule has 0 aromatic carbocycles. The molecular weight excluding hydrogens is 303 g/mol. The van der Waals surface area contributed by atoms with Gasteiger partial charge in [0.15, 0.2) is 5.75 Å². The quantitative estimate of drug-likeness (QED) is 0.676. The molecule has 20 heavy (non-hydrogen) atoms. The minimum Gasteiger partial charge on any atom is -0.488 e. The third kappa shape index (κ3) is 4.28. The van der Waals surface area contributed by atoms with Crippen LogP contribution in [0.1, 0.15) is 20.3 Å². The second-order valence-corrected chi connectivity index (χ2v) is 6.70. The van der Waals surface area contributed by atoms with Crippen LogP contribution in [0.3, 0.4) is 0 Å². The van der Waals surface area contributed by atoms with E-state index in [2.05, 4.69) is 5.10 Å². The fourth-order valence-corrected chi connectivity index (χ4v) is 3.38. The van der Waals surface area contributed by atoms with Crippen molar-refractivity contribution in [2.45, 2.75) is 20.3 Å². The van der Waals surface area contributed by atoms with E-state index in [1.165, 1.54) is 20.4 Å². The van der Waals surface area contributed by atoms with Gasteiger partial charge in [0.2, 0.25) is 5.75 Å². The number of ether oxygens (including phenoxy) is 1. The average Bonchev–Trinajstić information content (AvgIpc) is 2.41. The molecule has 1 aromatic rings. The summed E-state index contributed by atoms with van der Waals surface area (Å²) in [5.41, 5.74) is -0.418. The summed E-state index contributed by atoms with van der Waals surface area (Å²) in [5.74, 6) is 0.153. The van der Waals surface area contributed by atoms with E-state index in [0.29, 0.717) is 13.2 Å². The van der Waals surface area contributed by atoms with Gasteiger partial charge < -0.3 is 9.26 Å². The fraction of sp³-hybridized carbons (Fsp3) is 0.636. The van der Waals surface area contributed by atoms with Crippen molar-refractivity contribution in [3.05, 3.63) is 16.6 Å². The van der Waals surface area contributed by atoms with E-state index in [1.54, 1.807) is 6.92 Å². The smallest absolute Gasteiger partial charge is 0.380 e. The summed E-state index contributed by atoms with van der Waals surface area (Å²) in [7, 11) is 2.89. The van der Waals surface area contributed by atoms with E-state index >= 15 is 0 Å². The molecule has 0 saturated heterocycles. The largest absolute Gasteiger partial charge is 0.488 e. The van der Waals surface area contributed by atoms with Gasteiger partial charge in [0, 0.05) is 18.9 Å². The third-order valence-corrected chi connectivity index (χ3v) is 4.56. The van der Waals surface area contributed by atoms with E-state index in [9.17, 15) is 4.79 Å². The van der Waals surface area contributed by atoms with Gasteiger partial charge in [-0.2, -0.15) is 5.10 Å². The Bertz CT molecular complexity index is 548. The molecule has 0 saturated carbocycles. The van der Waals surface area contributed by atoms with Crippen LogP contribution in [0.15, 0.2) is 11.0 Å². The standard InChI is InChI=1S/C11H19N2O5PS/c1-5-7-17-19(20,16-6-2)18-9-8-12-13(3)11(14)10(9)15-4/h8H,5-7H2,1-4H3. The number of rotatable bonds is 8. The molecule has 1 unspecified atom stereocenters. The van der Waals surface area contributed by atoms with Gasteiger partial charge in [-0.25, -0.2) is 4.68 Å². The summed E-state index contributed by atoms with van der Waals surface area (Å²) < 4.78 is 22.6. The first kappa shape index (κ1) is 17.1. The Hall–Kier alpha value is -0.950. The van der Waals surface area contributed by atoms with Crippen molar-refractivity contribution in [3.63, 3.8) is 0 Å². The molecule has 0 bridgehead atoms. The fourth-order valence-electron chi connectivity index (χ4n) is 1.33. The van der Waals surface area contributed by atoms with Gasteiger partial charge in [0.05, 0.1) is 26.5 Å². The maximum absolute atomic E-state index is 11.9. The number of hydrogen-bond acceptors (Lipinski definition) is 7. The molecule has 7 nitrogen and oxygen atoms in total. The summed E-state index contributed by atoms with van der Waals surface area (Å²) in [5, 5.41) is 3.87. The molecular formula is C11H19N2O5PS. The number of aryl methyl sites for hydroxylation is 1. The molecule has 1 rings (SSSR count). The predicted molar refractivity (Wildman–Crippen MR) is 78.8 cm³/mol. The lowest BCUT2D eigenvalue weighted by Gasteiger charge is -2.22. The molecule has 1 aromatic heterocycles. The van der Waals surface area contributed by atoms with E-state index in [1.807, 2.05) is 6.92 Å². The zero-order chi connectivity index (χ0) is 15.2. The number of nitrogens with zero attached hydrogens (tertiary/aromatic N) is 2. The highest BCUT2D eigenvalue weighted by Gasteiger charge is 2.25.